The van der Waals surface area contributed by atoms with E-state index in [2.05, 4.69) is 20.6 Å². The van der Waals surface area contributed by atoms with Crippen LogP contribution in [0.5, 0.6) is 0 Å². The monoisotopic (exact) mass is 285 g/mol. The van der Waals surface area contributed by atoms with Crippen molar-refractivity contribution in [2.45, 2.75) is 6.54 Å². The first-order chi connectivity index (χ1) is 8.66. The smallest absolute Gasteiger partial charge is 0.254 e. The van der Waals surface area contributed by atoms with Crippen LogP contribution in [-0.2, 0) is 6.54 Å². The molecule has 2 rings (SSSR count). The first kappa shape index (κ1) is 12.8. The molecule has 8 heteroatoms. The molecule has 0 atom stereocenters. The number of halogens is 2. The summed E-state index contributed by atoms with van der Waals surface area (Å²) in [7, 11) is 0. The Morgan fingerprint density at radius 2 is 2.22 bits per heavy atom. The summed E-state index contributed by atoms with van der Waals surface area (Å²) in [5, 5.41) is 10.5. The average molecular weight is 286 g/mol. The van der Waals surface area contributed by atoms with Crippen LogP contribution in [0.25, 0.3) is 0 Å². The topological polar surface area (TPSA) is 72.7 Å². The number of hydrogen-bond acceptors (Lipinski definition) is 4. The molecule has 18 heavy (non-hydrogen) atoms. The van der Waals surface area contributed by atoms with Crippen molar-refractivity contribution in [3.05, 3.63) is 40.4 Å². The Bertz CT molecular complexity index is 543. The standard InChI is InChI=1S/C10H9Cl2N5O/c11-8-2-1-7(9(12)15-8)10(18)13-3-5-17-6-4-14-16-17/h1-2,4,6H,3,5H2,(H,13,18). The fourth-order valence-corrected chi connectivity index (χ4v) is 1.74. The highest BCUT2D eigenvalue weighted by atomic mass is 35.5. The highest BCUT2D eigenvalue weighted by Gasteiger charge is 2.11. The normalized spacial score (nSPS) is 10.3. The zero-order chi connectivity index (χ0) is 13.0. The number of amides is 1. The quantitative estimate of drug-likeness (QED) is 0.862. The summed E-state index contributed by atoms with van der Waals surface area (Å²) >= 11 is 11.5. The Morgan fingerprint density at radius 3 is 2.89 bits per heavy atom. The Hall–Kier alpha value is -1.66. The number of aromatic nitrogens is 4. The molecule has 0 spiro atoms. The second kappa shape index (κ2) is 5.79. The van der Waals surface area contributed by atoms with Crippen LogP contribution >= 0.6 is 23.2 Å². The summed E-state index contributed by atoms with van der Waals surface area (Å²) in [4.78, 5) is 15.6. The van der Waals surface area contributed by atoms with Gasteiger partial charge in [-0.15, -0.1) is 5.10 Å². The van der Waals surface area contributed by atoms with Crippen molar-refractivity contribution in [2.75, 3.05) is 6.54 Å². The minimum absolute atomic E-state index is 0.0840. The maximum atomic E-state index is 11.8. The van der Waals surface area contributed by atoms with Gasteiger partial charge in [0.05, 0.1) is 18.3 Å². The van der Waals surface area contributed by atoms with Crippen LogP contribution in [0.1, 0.15) is 10.4 Å². The Labute approximate surface area is 113 Å². The van der Waals surface area contributed by atoms with Crippen molar-refractivity contribution in [3.63, 3.8) is 0 Å². The SMILES string of the molecule is O=C(NCCn1ccnn1)c1ccc(Cl)nc1Cl. The summed E-state index contributed by atoms with van der Waals surface area (Å²) in [6.07, 6.45) is 3.28. The summed E-state index contributed by atoms with van der Waals surface area (Å²) in [5.74, 6) is -0.302. The number of pyridine rings is 1. The van der Waals surface area contributed by atoms with E-state index < -0.39 is 0 Å². The number of hydrogen-bond donors (Lipinski definition) is 1. The molecule has 0 bridgehead atoms. The van der Waals surface area contributed by atoms with E-state index in [0.717, 1.165) is 0 Å². The molecule has 94 valence electrons. The summed E-state index contributed by atoms with van der Waals surface area (Å²) in [5.41, 5.74) is 0.291. The lowest BCUT2D eigenvalue weighted by Crippen LogP contribution is -2.27. The van der Waals surface area contributed by atoms with Gasteiger partial charge >= 0.3 is 0 Å². The van der Waals surface area contributed by atoms with E-state index in [-0.39, 0.29) is 16.2 Å². The van der Waals surface area contributed by atoms with Gasteiger partial charge in [0.2, 0.25) is 0 Å². The molecule has 1 amide bonds. The van der Waals surface area contributed by atoms with Crippen molar-refractivity contribution in [1.29, 1.82) is 0 Å². The molecular weight excluding hydrogens is 277 g/mol. The summed E-state index contributed by atoms with van der Waals surface area (Å²) in [6, 6.07) is 3.04. The van der Waals surface area contributed by atoms with Crippen LogP contribution in [0.15, 0.2) is 24.5 Å². The van der Waals surface area contributed by atoms with E-state index >= 15 is 0 Å². The lowest BCUT2D eigenvalue weighted by atomic mass is 10.2. The van der Waals surface area contributed by atoms with Gasteiger partial charge in [0.1, 0.15) is 10.3 Å². The largest absolute Gasteiger partial charge is 0.350 e. The molecule has 0 aromatic carbocycles. The molecule has 0 aliphatic rings. The van der Waals surface area contributed by atoms with Gasteiger partial charge in [0.15, 0.2) is 0 Å². The maximum Gasteiger partial charge on any atom is 0.254 e. The Balaban J connectivity index is 1.91. The fourth-order valence-electron chi connectivity index (χ4n) is 1.31. The average Bonchev–Trinajstić information content (AvgIpc) is 2.81. The van der Waals surface area contributed by atoms with Crippen LogP contribution in [0.4, 0.5) is 0 Å². The third-order valence-corrected chi connectivity index (χ3v) is 2.66. The number of nitrogens with one attached hydrogen (secondary N) is 1. The van der Waals surface area contributed by atoms with Crippen molar-refractivity contribution in [1.82, 2.24) is 25.3 Å². The molecule has 2 aromatic heterocycles. The van der Waals surface area contributed by atoms with E-state index in [9.17, 15) is 4.79 Å². The van der Waals surface area contributed by atoms with E-state index in [0.29, 0.717) is 18.7 Å². The summed E-state index contributed by atoms with van der Waals surface area (Å²) in [6.45, 7) is 0.950. The van der Waals surface area contributed by atoms with Gasteiger partial charge in [-0.1, -0.05) is 28.4 Å². The Morgan fingerprint density at radius 1 is 1.39 bits per heavy atom. The van der Waals surface area contributed by atoms with Gasteiger partial charge in [-0.05, 0) is 12.1 Å². The predicted molar refractivity (Wildman–Crippen MR) is 66.6 cm³/mol. The molecule has 0 fully saturated rings. The molecule has 1 N–H and O–H groups in total. The fraction of sp³-hybridized carbons (Fsp3) is 0.200. The molecule has 0 saturated heterocycles. The molecular formula is C10H9Cl2N5O. The molecule has 6 nitrogen and oxygen atoms in total. The van der Waals surface area contributed by atoms with Crippen LogP contribution in [0.2, 0.25) is 10.3 Å². The molecule has 0 saturated carbocycles. The highest BCUT2D eigenvalue weighted by molar-refractivity contribution is 6.34. The summed E-state index contributed by atoms with van der Waals surface area (Å²) < 4.78 is 1.61. The van der Waals surface area contributed by atoms with Gasteiger partial charge in [-0.25, -0.2) is 4.98 Å². The van der Waals surface area contributed by atoms with Gasteiger partial charge in [-0.3, -0.25) is 9.48 Å². The van der Waals surface area contributed by atoms with E-state index in [1.807, 2.05) is 0 Å². The van der Waals surface area contributed by atoms with Gasteiger partial charge in [0, 0.05) is 12.7 Å². The third-order valence-electron chi connectivity index (χ3n) is 2.16. The van der Waals surface area contributed by atoms with Crippen molar-refractivity contribution < 1.29 is 4.79 Å². The van der Waals surface area contributed by atoms with E-state index in [4.69, 9.17) is 23.2 Å². The predicted octanol–water partition coefficient (Wildman–Crippen LogP) is 1.41. The van der Waals surface area contributed by atoms with E-state index in [1.54, 1.807) is 17.1 Å². The van der Waals surface area contributed by atoms with E-state index in [1.165, 1.54) is 12.1 Å². The highest BCUT2D eigenvalue weighted by Crippen LogP contribution is 2.16. The molecule has 0 radical (unpaired) electrons. The minimum Gasteiger partial charge on any atom is -0.350 e. The number of rotatable bonds is 4. The number of carbonyl (C=O) groups is 1. The van der Waals surface area contributed by atoms with Crippen molar-refractivity contribution in [3.8, 4) is 0 Å². The molecule has 2 aromatic rings. The van der Waals surface area contributed by atoms with Gasteiger partial charge < -0.3 is 5.32 Å². The van der Waals surface area contributed by atoms with Crippen LogP contribution in [-0.4, -0.2) is 32.4 Å². The lowest BCUT2D eigenvalue weighted by Gasteiger charge is -2.06. The van der Waals surface area contributed by atoms with Gasteiger partial charge in [0.25, 0.3) is 5.91 Å². The molecule has 0 aliphatic carbocycles. The first-order valence-corrected chi connectivity index (χ1v) is 5.87. The third kappa shape index (κ3) is 3.18. The number of nitrogens with zero attached hydrogens (tertiary/aromatic N) is 4. The molecule has 0 unspecified atom stereocenters. The number of carbonyl (C=O) groups excluding carboxylic acids is 1. The second-order valence-corrected chi connectivity index (χ2v) is 4.14. The van der Waals surface area contributed by atoms with Gasteiger partial charge in [-0.2, -0.15) is 0 Å². The van der Waals surface area contributed by atoms with Crippen LogP contribution < -0.4 is 5.32 Å². The zero-order valence-electron chi connectivity index (χ0n) is 9.18. The molecule has 2 heterocycles. The second-order valence-electron chi connectivity index (χ2n) is 3.39. The molecule has 0 aliphatic heterocycles. The first-order valence-electron chi connectivity index (χ1n) is 5.11. The minimum atomic E-state index is -0.302. The lowest BCUT2D eigenvalue weighted by molar-refractivity contribution is 0.0951. The van der Waals surface area contributed by atoms with Crippen molar-refractivity contribution >= 4 is 29.1 Å². The maximum absolute atomic E-state index is 11.8. The van der Waals surface area contributed by atoms with Crippen LogP contribution in [0, 0.1) is 0 Å². The zero-order valence-corrected chi connectivity index (χ0v) is 10.7. The van der Waals surface area contributed by atoms with Crippen LogP contribution in [0.3, 0.4) is 0 Å². The Kier molecular flexibility index (Phi) is 4.11. The van der Waals surface area contributed by atoms with Crippen molar-refractivity contribution in [2.24, 2.45) is 0 Å².